The van der Waals surface area contributed by atoms with Crippen LogP contribution in [0.15, 0.2) is 12.1 Å². The summed E-state index contributed by atoms with van der Waals surface area (Å²) in [4.78, 5) is 0. The van der Waals surface area contributed by atoms with Crippen LogP contribution >= 0.6 is 11.6 Å². The summed E-state index contributed by atoms with van der Waals surface area (Å²) in [6.07, 6.45) is 1.84. The van der Waals surface area contributed by atoms with Crippen molar-refractivity contribution in [2.24, 2.45) is 5.92 Å². The van der Waals surface area contributed by atoms with E-state index in [1.807, 2.05) is 19.1 Å². The summed E-state index contributed by atoms with van der Waals surface area (Å²) in [5, 5.41) is 8.27. The summed E-state index contributed by atoms with van der Waals surface area (Å²) in [5.74, 6) is 0.635. The Balaban J connectivity index is 2.47. The van der Waals surface area contributed by atoms with E-state index in [-0.39, 0.29) is 5.38 Å². The van der Waals surface area contributed by atoms with Crippen LogP contribution in [0, 0.1) is 12.8 Å². The van der Waals surface area contributed by atoms with Crippen molar-refractivity contribution in [1.82, 2.24) is 10.2 Å². The van der Waals surface area contributed by atoms with Crippen molar-refractivity contribution in [3.05, 3.63) is 23.5 Å². The zero-order chi connectivity index (χ0) is 10.6. The minimum atomic E-state index is 0.173. The van der Waals surface area contributed by atoms with Gasteiger partial charge in [0.25, 0.3) is 0 Å². The number of aryl methyl sites for hydroxylation is 1. The van der Waals surface area contributed by atoms with Gasteiger partial charge < -0.3 is 0 Å². The van der Waals surface area contributed by atoms with Crippen LogP contribution in [0.25, 0.3) is 0 Å². The van der Waals surface area contributed by atoms with Gasteiger partial charge in [-0.05, 0) is 31.4 Å². The molecule has 0 saturated heterocycles. The third kappa shape index (κ3) is 4.05. The zero-order valence-corrected chi connectivity index (χ0v) is 9.75. The highest BCUT2D eigenvalue weighted by Crippen LogP contribution is 2.14. The van der Waals surface area contributed by atoms with E-state index in [9.17, 15) is 0 Å². The Morgan fingerprint density at radius 3 is 2.50 bits per heavy atom. The van der Waals surface area contributed by atoms with E-state index in [1.165, 1.54) is 0 Å². The fourth-order valence-corrected chi connectivity index (χ4v) is 1.87. The predicted octanol–water partition coefficient (Wildman–Crippen LogP) is 2.98. The number of alkyl halides is 1. The minimum absolute atomic E-state index is 0.173. The van der Waals surface area contributed by atoms with Gasteiger partial charge in [-0.1, -0.05) is 13.8 Å². The van der Waals surface area contributed by atoms with Crippen LogP contribution in [0.4, 0.5) is 0 Å². The lowest BCUT2D eigenvalue weighted by Crippen LogP contribution is -2.09. The molecule has 0 amide bonds. The first kappa shape index (κ1) is 11.4. The number of rotatable bonds is 4. The first-order valence-electron chi connectivity index (χ1n) is 5.01. The first-order valence-corrected chi connectivity index (χ1v) is 5.45. The average Bonchev–Trinajstić information content (AvgIpc) is 2.07. The molecule has 14 heavy (non-hydrogen) atoms. The normalized spacial score (nSPS) is 13.2. The second kappa shape index (κ2) is 5.30. The van der Waals surface area contributed by atoms with Crippen molar-refractivity contribution in [2.75, 3.05) is 0 Å². The van der Waals surface area contributed by atoms with Crippen LogP contribution in [-0.4, -0.2) is 15.6 Å². The summed E-state index contributed by atoms with van der Waals surface area (Å²) in [5.41, 5.74) is 1.93. The van der Waals surface area contributed by atoms with Gasteiger partial charge in [-0.3, -0.25) is 0 Å². The van der Waals surface area contributed by atoms with Gasteiger partial charge in [-0.15, -0.1) is 11.6 Å². The molecular formula is C11H17ClN2. The van der Waals surface area contributed by atoms with Crippen LogP contribution in [0.1, 0.15) is 31.7 Å². The lowest BCUT2D eigenvalue weighted by molar-refractivity contribution is 0.557. The Labute approximate surface area is 90.7 Å². The fourth-order valence-electron chi connectivity index (χ4n) is 1.36. The number of halogens is 1. The van der Waals surface area contributed by atoms with Crippen LogP contribution < -0.4 is 0 Å². The van der Waals surface area contributed by atoms with Gasteiger partial charge in [0.15, 0.2) is 0 Å². The smallest absolute Gasteiger partial charge is 0.0646 e. The van der Waals surface area contributed by atoms with Crippen molar-refractivity contribution < 1.29 is 0 Å². The molecule has 1 aromatic heterocycles. The topological polar surface area (TPSA) is 25.8 Å². The van der Waals surface area contributed by atoms with E-state index in [4.69, 9.17) is 11.6 Å². The third-order valence-corrected chi connectivity index (χ3v) is 2.34. The molecule has 1 rings (SSSR count). The molecule has 0 radical (unpaired) electrons. The molecular weight excluding hydrogens is 196 g/mol. The van der Waals surface area contributed by atoms with Gasteiger partial charge in [0.05, 0.1) is 11.4 Å². The van der Waals surface area contributed by atoms with E-state index in [2.05, 4.69) is 24.0 Å². The second-order valence-electron chi connectivity index (χ2n) is 4.10. The number of hydrogen-bond acceptors (Lipinski definition) is 2. The fraction of sp³-hybridized carbons (Fsp3) is 0.636. The van der Waals surface area contributed by atoms with Gasteiger partial charge in [-0.2, -0.15) is 10.2 Å². The quantitative estimate of drug-likeness (QED) is 0.718. The Hall–Kier alpha value is -0.630. The summed E-state index contributed by atoms with van der Waals surface area (Å²) >= 11 is 6.18. The monoisotopic (exact) mass is 212 g/mol. The maximum absolute atomic E-state index is 6.18. The lowest BCUT2D eigenvalue weighted by atomic mass is 10.0. The highest BCUT2D eigenvalue weighted by atomic mass is 35.5. The van der Waals surface area contributed by atoms with Gasteiger partial charge in [-0.25, -0.2) is 0 Å². The SMILES string of the molecule is Cc1ccc(CC(Cl)CC(C)C)nn1. The molecule has 78 valence electrons. The molecule has 1 heterocycles. The lowest BCUT2D eigenvalue weighted by Gasteiger charge is -2.10. The molecule has 1 unspecified atom stereocenters. The van der Waals surface area contributed by atoms with Crippen molar-refractivity contribution in [3.8, 4) is 0 Å². The maximum atomic E-state index is 6.18. The van der Waals surface area contributed by atoms with Crippen LogP contribution in [0.5, 0.6) is 0 Å². The van der Waals surface area contributed by atoms with E-state index >= 15 is 0 Å². The van der Waals surface area contributed by atoms with Crippen molar-refractivity contribution >= 4 is 11.6 Å². The van der Waals surface area contributed by atoms with Crippen LogP contribution in [0.3, 0.4) is 0 Å². The second-order valence-corrected chi connectivity index (χ2v) is 4.71. The first-order chi connectivity index (χ1) is 6.58. The molecule has 0 N–H and O–H groups in total. The molecule has 0 fully saturated rings. The van der Waals surface area contributed by atoms with E-state index in [0.29, 0.717) is 5.92 Å². The average molecular weight is 213 g/mol. The van der Waals surface area contributed by atoms with E-state index < -0.39 is 0 Å². The molecule has 0 bridgehead atoms. The largest absolute Gasteiger partial charge is 0.156 e. The van der Waals surface area contributed by atoms with Gasteiger partial charge in [0, 0.05) is 11.8 Å². The zero-order valence-electron chi connectivity index (χ0n) is 9.00. The highest BCUT2D eigenvalue weighted by Gasteiger charge is 2.09. The summed E-state index contributed by atoms with van der Waals surface area (Å²) in [6, 6.07) is 3.97. The predicted molar refractivity (Wildman–Crippen MR) is 59.6 cm³/mol. The van der Waals surface area contributed by atoms with Crippen LogP contribution in [0.2, 0.25) is 0 Å². The maximum Gasteiger partial charge on any atom is 0.0646 e. The molecule has 0 aromatic carbocycles. The standard InChI is InChI=1S/C11H17ClN2/c1-8(2)6-10(12)7-11-5-4-9(3)13-14-11/h4-5,8,10H,6-7H2,1-3H3. The summed E-state index contributed by atoms with van der Waals surface area (Å²) in [7, 11) is 0. The third-order valence-electron chi connectivity index (χ3n) is 2.01. The Morgan fingerprint density at radius 2 is 2.00 bits per heavy atom. The number of hydrogen-bond donors (Lipinski definition) is 0. The number of aromatic nitrogens is 2. The Kier molecular flexibility index (Phi) is 4.33. The van der Waals surface area contributed by atoms with Crippen molar-refractivity contribution in [3.63, 3.8) is 0 Å². The number of nitrogens with zero attached hydrogens (tertiary/aromatic N) is 2. The molecule has 0 aliphatic heterocycles. The molecule has 1 aromatic rings. The van der Waals surface area contributed by atoms with Gasteiger partial charge in [0.2, 0.25) is 0 Å². The highest BCUT2D eigenvalue weighted by molar-refractivity contribution is 6.20. The molecule has 0 saturated carbocycles. The van der Waals surface area contributed by atoms with Gasteiger partial charge in [0.1, 0.15) is 0 Å². The van der Waals surface area contributed by atoms with Crippen LogP contribution in [-0.2, 0) is 6.42 Å². The Bertz CT molecular complexity index is 269. The molecule has 2 nitrogen and oxygen atoms in total. The van der Waals surface area contributed by atoms with E-state index in [1.54, 1.807) is 0 Å². The van der Waals surface area contributed by atoms with E-state index in [0.717, 1.165) is 24.2 Å². The molecule has 0 spiro atoms. The summed E-state index contributed by atoms with van der Waals surface area (Å²) in [6.45, 7) is 6.29. The van der Waals surface area contributed by atoms with Crippen molar-refractivity contribution in [1.29, 1.82) is 0 Å². The van der Waals surface area contributed by atoms with Gasteiger partial charge >= 0.3 is 0 Å². The van der Waals surface area contributed by atoms with Crippen molar-refractivity contribution in [2.45, 2.75) is 39.0 Å². The molecule has 0 aliphatic carbocycles. The molecule has 1 atom stereocenters. The molecule has 0 aliphatic rings. The Morgan fingerprint density at radius 1 is 1.29 bits per heavy atom. The minimum Gasteiger partial charge on any atom is -0.156 e. The molecule has 3 heteroatoms. The summed E-state index contributed by atoms with van der Waals surface area (Å²) < 4.78 is 0.